The van der Waals surface area contributed by atoms with Gasteiger partial charge in [0.25, 0.3) is 0 Å². The zero-order valence-electron chi connectivity index (χ0n) is 13.0. The predicted molar refractivity (Wildman–Crippen MR) is 83.6 cm³/mol. The lowest BCUT2D eigenvalue weighted by Crippen LogP contribution is -2.36. The summed E-state index contributed by atoms with van der Waals surface area (Å²) in [5, 5.41) is 3.10. The van der Waals surface area contributed by atoms with E-state index in [4.69, 9.17) is 0 Å². The summed E-state index contributed by atoms with van der Waals surface area (Å²) in [5.74, 6) is 0.464. The zero-order valence-corrected chi connectivity index (χ0v) is 13.0. The van der Waals surface area contributed by atoms with E-state index in [9.17, 15) is 4.39 Å². The largest absolute Gasteiger partial charge is 0.368 e. The Morgan fingerprint density at radius 2 is 1.95 bits per heavy atom. The summed E-state index contributed by atoms with van der Waals surface area (Å²) in [6.45, 7) is 6.18. The summed E-state index contributed by atoms with van der Waals surface area (Å²) >= 11 is 0. The molecule has 1 aliphatic rings. The van der Waals surface area contributed by atoms with Crippen molar-refractivity contribution in [2.45, 2.75) is 52.1 Å². The van der Waals surface area contributed by atoms with Crippen molar-refractivity contribution in [2.75, 3.05) is 18.5 Å². The second-order valence-corrected chi connectivity index (χ2v) is 6.33. The maximum atomic E-state index is 13.9. The predicted octanol–water partition coefficient (Wildman–Crippen LogP) is 3.95. The average Bonchev–Trinajstić information content (AvgIpc) is 2.89. The summed E-state index contributed by atoms with van der Waals surface area (Å²) in [4.78, 5) is 2.43. The van der Waals surface area contributed by atoms with Gasteiger partial charge in [-0.3, -0.25) is 0 Å². The van der Waals surface area contributed by atoms with Crippen molar-refractivity contribution in [3.8, 4) is 0 Å². The first-order valence-electron chi connectivity index (χ1n) is 7.81. The minimum Gasteiger partial charge on any atom is -0.368 e. The minimum absolute atomic E-state index is 0.125. The monoisotopic (exact) mass is 278 g/mol. The standard InChI is InChI=1S/C17H27FN2/c1-13(2)12-20(16-6-4-5-7-16)17-9-14(11-19-3)8-15(18)10-17/h8-10,13,16,19H,4-7,11-12H2,1-3H3. The Morgan fingerprint density at radius 3 is 2.55 bits per heavy atom. The number of benzene rings is 1. The first-order valence-corrected chi connectivity index (χ1v) is 7.81. The van der Waals surface area contributed by atoms with Crippen LogP contribution in [0.1, 0.15) is 45.1 Å². The van der Waals surface area contributed by atoms with Crippen LogP contribution in [0.15, 0.2) is 18.2 Å². The van der Waals surface area contributed by atoms with E-state index in [-0.39, 0.29) is 5.82 Å². The fraction of sp³-hybridized carbons (Fsp3) is 0.647. The second-order valence-electron chi connectivity index (χ2n) is 6.33. The molecule has 1 aromatic rings. The van der Waals surface area contributed by atoms with E-state index < -0.39 is 0 Å². The first kappa shape index (κ1) is 15.3. The number of hydrogen-bond donors (Lipinski definition) is 1. The third-order valence-corrected chi connectivity index (χ3v) is 3.98. The second kappa shape index (κ2) is 7.07. The van der Waals surface area contributed by atoms with Gasteiger partial charge in [-0.25, -0.2) is 4.39 Å². The summed E-state index contributed by atoms with van der Waals surface area (Å²) < 4.78 is 13.9. The molecule has 1 aromatic carbocycles. The first-order chi connectivity index (χ1) is 9.60. The highest BCUT2D eigenvalue weighted by molar-refractivity contribution is 5.50. The average molecular weight is 278 g/mol. The van der Waals surface area contributed by atoms with E-state index in [2.05, 4.69) is 30.1 Å². The van der Waals surface area contributed by atoms with E-state index >= 15 is 0 Å². The number of halogens is 1. The van der Waals surface area contributed by atoms with Gasteiger partial charge >= 0.3 is 0 Å². The van der Waals surface area contributed by atoms with Crippen molar-refractivity contribution >= 4 is 5.69 Å². The van der Waals surface area contributed by atoms with Crippen LogP contribution in [-0.4, -0.2) is 19.6 Å². The van der Waals surface area contributed by atoms with Gasteiger partial charge in [-0.2, -0.15) is 0 Å². The van der Waals surface area contributed by atoms with Gasteiger partial charge in [0.1, 0.15) is 5.82 Å². The quantitative estimate of drug-likeness (QED) is 0.847. The van der Waals surface area contributed by atoms with Gasteiger partial charge in [0.15, 0.2) is 0 Å². The Bertz CT molecular complexity index is 425. The highest BCUT2D eigenvalue weighted by Gasteiger charge is 2.24. The van der Waals surface area contributed by atoms with Crippen LogP contribution >= 0.6 is 0 Å². The van der Waals surface area contributed by atoms with Gasteiger partial charge in [-0.05, 0) is 49.6 Å². The molecule has 3 heteroatoms. The molecule has 2 nitrogen and oxygen atoms in total. The van der Waals surface area contributed by atoms with E-state index in [1.54, 1.807) is 12.1 Å². The van der Waals surface area contributed by atoms with Gasteiger partial charge in [0.05, 0.1) is 0 Å². The van der Waals surface area contributed by atoms with Crippen LogP contribution in [-0.2, 0) is 6.54 Å². The Kier molecular flexibility index (Phi) is 5.41. The Labute approximate surface area is 122 Å². The van der Waals surface area contributed by atoms with Crippen molar-refractivity contribution in [3.05, 3.63) is 29.6 Å². The molecule has 0 aliphatic heterocycles. The maximum absolute atomic E-state index is 13.9. The molecule has 0 spiro atoms. The molecule has 1 saturated carbocycles. The van der Waals surface area contributed by atoms with Crippen LogP contribution in [0.3, 0.4) is 0 Å². The number of nitrogens with one attached hydrogen (secondary N) is 1. The zero-order chi connectivity index (χ0) is 14.5. The molecule has 0 radical (unpaired) electrons. The van der Waals surface area contributed by atoms with Crippen molar-refractivity contribution in [2.24, 2.45) is 5.92 Å². The van der Waals surface area contributed by atoms with Gasteiger partial charge in [0.2, 0.25) is 0 Å². The fourth-order valence-electron chi connectivity index (χ4n) is 3.18. The maximum Gasteiger partial charge on any atom is 0.125 e. The van der Waals surface area contributed by atoms with Crippen molar-refractivity contribution < 1.29 is 4.39 Å². The molecular formula is C17H27FN2. The normalized spacial score (nSPS) is 16.1. The molecule has 0 bridgehead atoms. The fourth-order valence-corrected chi connectivity index (χ4v) is 3.18. The minimum atomic E-state index is -0.125. The van der Waals surface area contributed by atoms with Crippen molar-refractivity contribution in [3.63, 3.8) is 0 Å². The summed E-state index contributed by atoms with van der Waals surface area (Å²) in [7, 11) is 1.90. The smallest absolute Gasteiger partial charge is 0.125 e. The Hall–Kier alpha value is -1.09. The van der Waals surface area contributed by atoms with Gasteiger partial charge in [-0.15, -0.1) is 0 Å². The highest BCUT2D eigenvalue weighted by atomic mass is 19.1. The molecule has 0 unspecified atom stereocenters. The summed E-state index contributed by atoms with van der Waals surface area (Å²) in [6, 6.07) is 6.05. The third-order valence-electron chi connectivity index (χ3n) is 3.98. The molecule has 20 heavy (non-hydrogen) atoms. The number of nitrogens with zero attached hydrogens (tertiary/aromatic N) is 1. The Morgan fingerprint density at radius 1 is 1.25 bits per heavy atom. The van der Waals surface area contributed by atoms with Crippen LogP contribution in [0.2, 0.25) is 0 Å². The number of hydrogen-bond acceptors (Lipinski definition) is 2. The van der Waals surface area contributed by atoms with Gasteiger partial charge in [0, 0.05) is 24.8 Å². The highest BCUT2D eigenvalue weighted by Crippen LogP contribution is 2.30. The molecule has 0 aromatic heterocycles. The SMILES string of the molecule is CNCc1cc(F)cc(N(CC(C)C)C2CCCC2)c1. The van der Waals surface area contributed by atoms with Crippen molar-refractivity contribution in [1.29, 1.82) is 0 Å². The Balaban J connectivity index is 2.26. The lowest BCUT2D eigenvalue weighted by molar-refractivity contribution is 0.533. The van der Waals surface area contributed by atoms with Crippen LogP contribution < -0.4 is 10.2 Å². The molecule has 2 rings (SSSR count). The van der Waals surface area contributed by atoms with Crippen LogP contribution in [0.5, 0.6) is 0 Å². The molecule has 112 valence electrons. The summed E-state index contributed by atoms with van der Waals surface area (Å²) in [5.41, 5.74) is 2.07. The molecule has 0 heterocycles. The van der Waals surface area contributed by atoms with E-state index in [1.165, 1.54) is 25.7 Å². The molecule has 0 saturated heterocycles. The van der Waals surface area contributed by atoms with E-state index in [1.807, 2.05) is 7.05 Å². The molecule has 1 aliphatic carbocycles. The molecular weight excluding hydrogens is 251 g/mol. The molecule has 1 N–H and O–H groups in total. The van der Waals surface area contributed by atoms with Crippen LogP contribution in [0, 0.1) is 11.7 Å². The van der Waals surface area contributed by atoms with Crippen LogP contribution in [0.25, 0.3) is 0 Å². The van der Waals surface area contributed by atoms with Crippen molar-refractivity contribution in [1.82, 2.24) is 5.32 Å². The summed E-state index contributed by atoms with van der Waals surface area (Å²) in [6.07, 6.45) is 5.09. The number of rotatable bonds is 6. The van der Waals surface area contributed by atoms with Crippen LogP contribution in [0.4, 0.5) is 10.1 Å². The number of anilines is 1. The lowest BCUT2D eigenvalue weighted by Gasteiger charge is -2.33. The molecule has 1 fully saturated rings. The van der Waals surface area contributed by atoms with Gasteiger partial charge in [-0.1, -0.05) is 26.7 Å². The molecule has 0 atom stereocenters. The topological polar surface area (TPSA) is 15.3 Å². The van der Waals surface area contributed by atoms with Gasteiger partial charge < -0.3 is 10.2 Å². The lowest BCUT2D eigenvalue weighted by atomic mass is 10.1. The van der Waals surface area contributed by atoms with E-state index in [0.717, 1.165) is 17.8 Å². The molecule has 0 amide bonds. The third kappa shape index (κ3) is 3.95. The van der Waals surface area contributed by atoms with E-state index in [0.29, 0.717) is 18.5 Å².